The van der Waals surface area contributed by atoms with Gasteiger partial charge in [-0.25, -0.2) is 9.89 Å². The Morgan fingerprint density at radius 3 is 2.52 bits per heavy atom. The van der Waals surface area contributed by atoms with E-state index >= 15 is 0 Å². The molecular formula is C22H22N4O4S. The Balaban J connectivity index is 1.56. The van der Waals surface area contributed by atoms with Crippen LogP contribution in [0.1, 0.15) is 19.4 Å². The van der Waals surface area contributed by atoms with Crippen LogP contribution in [0.2, 0.25) is 0 Å². The number of carbonyl (C=O) groups excluding carboxylic acids is 2. The molecule has 2 aliphatic heterocycles. The predicted molar refractivity (Wildman–Crippen MR) is 122 cm³/mol. The molecule has 8 nitrogen and oxygen atoms in total. The quantitative estimate of drug-likeness (QED) is 0.772. The van der Waals surface area contributed by atoms with E-state index in [2.05, 4.69) is 15.3 Å². The van der Waals surface area contributed by atoms with E-state index in [1.54, 1.807) is 46.3 Å². The number of hydrogen-bond acceptors (Lipinski definition) is 7. The molecule has 160 valence electrons. The Labute approximate surface area is 184 Å². The lowest BCUT2D eigenvalue weighted by Gasteiger charge is -2.26. The van der Waals surface area contributed by atoms with Gasteiger partial charge in [-0.2, -0.15) is 0 Å². The fourth-order valence-corrected chi connectivity index (χ4v) is 4.20. The van der Waals surface area contributed by atoms with Crippen LogP contribution < -0.4 is 14.8 Å². The second-order valence-corrected chi connectivity index (χ2v) is 8.37. The van der Waals surface area contributed by atoms with E-state index in [1.807, 2.05) is 24.3 Å². The molecule has 2 atom stereocenters. The normalized spacial score (nSPS) is 17.9. The minimum atomic E-state index is -0.522. The van der Waals surface area contributed by atoms with Crippen LogP contribution in [0.15, 0.2) is 52.4 Å². The molecule has 0 bridgehead atoms. The van der Waals surface area contributed by atoms with E-state index in [-0.39, 0.29) is 11.8 Å². The van der Waals surface area contributed by atoms with Crippen molar-refractivity contribution in [1.82, 2.24) is 4.90 Å². The lowest BCUT2D eigenvalue weighted by Crippen LogP contribution is -2.41. The molecule has 0 saturated carbocycles. The molecule has 0 saturated heterocycles. The molecule has 31 heavy (non-hydrogen) atoms. The number of fused-ring (bicyclic) bond motifs is 3. The van der Waals surface area contributed by atoms with Crippen LogP contribution in [-0.4, -0.2) is 53.2 Å². The predicted octanol–water partition coefficient (Wildman–Crippen LogP) is 3.44. The number of nitrogens with zero attached hydrogens (tertiary/aromatic N) is 3. The van der Waals surface area contributed by atoms with Crippen LogP contribution in [0, 0.1) is 0 Å². The standard InChI is InChI=1S/C22H22N4O4S/c1-12-21(28)26-19(23-12)17-7-5-6-8-18(17)25-22(26)31-13(2)20(27)24-14-9-15(29-3)11-16(10-14)30-4/h5-13H,1-4H3,(H,24,27)/t12-,13+/m0/s1. The van der Waals surface area contributed by atoms with Crippen molar-refractivity contribution < 1.29 is 19.1 Å². The number of hydrogen-bond donors (Lipinski definition) is 1. The Kier molecular flexibility index (Phi) is 5.69. The van der Waals surface area contributed by atoms with E-state index < -0.39 is 11.3 Å². The SMILES string of the molecule is COc1cc(NC(=O)[C@@H](C)SC2=Nc3ccccc3C3=N[C@@H](C)C(=O)N23)cc(OC)c1. The molecule has 2 aromatic rings. The monoisotopic (exact) mass is 438 g/mol. The number of nitrogens with one attached hydrogen (secondary N) is 1. The van der Waals surface area contributed by atoms with Crippen LogP contribution >= 0.6 is 11.8 Å². The molecule has 2 amide bonds. The van der Waals surface area contributed by atoms with E-state index in [4.69, 9.17) is 9.47 Å². The minimum absolute atomic E-state index is 0.152. The Hall–Kier alpha value is -3.33. The number of anilines is 1. The topological polar surface area (TPSA) is 92.6 Å². The second kappa shape index (κ2) is 8.43. The minimum Gasteiger partial charge on any atom is -0.497 e. The number of thioether (sulfide) groups is 1. The number of amides is 2. The van der Waals surface area contributed by atoms with E-state index in [0.29, 0.717) is 28.2 Å². The van der Waals surface area contributed by atoms with Gasteiger partial charge in [0.2, 0.25) is 5.91 Å². The molecule has 0 unspecified atom stereocenters. The molecule has 0 aromatic heterocycles. The average Bonchev–Trinajstić information content (AvgIpc) is 3.08. The van der Waals surface area contributed by atoms with Crippen molar-refractivity contribution in [3.05, 3.63) is 48.0 Å². The van der Waals surface area contributed by atoms with Crippen LogP contribution in [0.5, 0.6) is 11.5 Å². The van der Waals surface area contributed by atoms with Crippen molar-refractivity contribution in [3.63, 3.8) is 0 Å². The van der Waals surface area contributed by atoms with Gasteiger partial charge in [-0.05, 0) is 26.0 Å². The summed E-state index contributed by atoms with van der Waals surface area (Å²) in [7, 11) is 3.09. The van der Waals surface area contributed by atoms with Crippen molar-refractivity contribution in [2.75, 3.05) is 19.5 Å². The number of para-hydroxylation sites is 1. The van der Waals surface area contributed by atoms with Crippen LogP contribution in [0.4, 0.5) is 11.4 Å². The van der Waals surface area contributed by atoms with Gasteiger partial charge in [-0.1, -0.05) is 23.9 Å². The zero-order chi connectivity index (χ0) is 22.1. The number of amidine groups is 2. The second-order valence-electron chi connectivity index (χ2n) is 7.06. The van der Waals surface area contributed by atoms with Crippen molar-refractivity contribution in [2.45, 2.75) is 25.1 Å². The molecular weight excluding hydrogens is 416 g/mol. The summed E-state index contributed by atoms with van der Waals surface area (Å²) in [5.41, 5.74) is 2.09. The third-order valence-corrected chi connectivity index (χ3v) is 5.98. The molecule has 9 heteroatoms. The number of ether oxygens (including phenoxy) is 2. The molecule has 0 aliphatic carbocycles. The van der Waals surface area contributed by atoms with Gasteiger partial charge >= 0.3 is 0 Å². The van der Waals surface area contributed by atoms with Crippen LogP contribution in [-0.2, 0) is 9.59 Å². The summed E-state index contributed by atoms with van der Waals surface area (Å²) in [5.74, 6) is 1.33. The third-order valence-electron chi connectivity index (χ3n) is 4.93. The summed E-state index contributed by atoms with van der Waals surface area (Å²) in [6.07, 6.45) is 0. The fourth-order valence-electron chi connectivity index (χ4n) is 3.29. The molecule has 0 radical (unpaired) electrons. The van der Waals surface area contributed by atoms with Crippen LogP contribution in [0.3, 0.4) is 0 Å². The molecule has 2 aromatic carbocycles. The average molecular weight is 439 g/mol. The Morgan fingerprint density at radius 2 is 1.84 bits per heavy atom. The Bertz CT molecular complexity index is 1090. The molecule has 1 N–H and O–H groups in total. The van der Waals surface area contributed by atoms with Crippen LogP contribution in [0.25, 0.3) is 0 Å². The van der Waals surface area contributed by atoms with Crippen molar-refractivity contribution in [2.24, 2.45) is 9.98 Å². The first-order valence-electron chi connectivity index (χ1n) is 9.71. The van der Waals surface area contributed by atoms with E-state index in [9.17, 15) is 9.59 Å². The molecule has 0 fully saturated rings. The summed E-state index contributed by atoms with van der Waals surface area (Å²) in [6, 6.07) is 12.2. The van der Waals surface area contributed by atoms with Gasteiger partial charge in [0, 0.05) is 29.4 Å². The lowest BCUT2D eigenvalue weighted by atomic mass is 10.1. The third kappa shape index (κ3) is 4.00. The van der Waals surface area contributed by atoms with Crippen molar-refractivity contribution >= 4 is 46.0 Å². The summed E-state index contributed by atoms with van der Waals surface area (Å²) in [4.78, 5) is 36.3. The highest BCUT2D eigenvalue weighted by Gasteiger charge is 2.40. The summed E-state index contributed by atoms with van der Waals surface area (Å²) < 4.78 is 10.5. The molecule has 2 heterocycles. The number of rotatable bonds is 5. The van der Waals surface area contributed by atoms with Gasteiger partial charge < -0.3 is 14.8 Å². The number of aliphatic imine (C=N–C) groups is 2. The first-order valence-corrected chi connectivity index (χ1v) is 10.6. The van der Waals surface area contributed by atoms with Crippen molar-refractivity contribution in [3.8, 4) is 11.5 Å². The maximum absolute atomic E-state index is 12.9. The van der Waals surface area contributed by atoms with Gasteiger partial charge in [0.1, 0.15) is 23.4 Å². The van der Waals surface area contributed by atoms with Gasteiger partial charge in [0.25, 0.3) is 5.91 Å². The largest absolute Gasteiger partial charge is 0.497 e. The smallest absolute Gasteiger partial charge is 0.258 e. The van der Waals surface area contributed by atoms with E-state index in [0.717, 1.165) is 11.3 Å². The highest BCUT2D eigenvalue weighted by molar-refractivity contribution is 8.15. The maximum Gasteiger partial charge on any atom is 0.258 e. The number of carbonyl (C=O) groups is 2. The van der Waals surface area contributed by atoms with E-state index in [1.165, 1.54) is 16.7 Å². The zero-order valence-corrected chi connectivity index (χ0v) is 18.4. The zero-order valence-electron chi connectivity index (χ0n) is 17.6. The highest BCUT2D eigenvalue weighted by Crippen LogP contribution is 2.35. The molecule has 4 rings (SSSR count). The lowest BCUT2D eigenvalue weighted by molar-refractivity contribution is -0.124. The van der Waals surface area contributed by atoms with Gasteiger partial charge in [0.15, 0.2) is 5.17 Å². The summed E-state index contributed by atoms with van der Waals surface area (Å²) >= 11 is 1.21. The molecule has 0 spiro atoms. The summed E-state index contributed by atoms with van der Waals surface area (Å²) in [6.45, 7) is 3.52. The maximum atomic E-state index is 12.9. The van der Waals surface area contributed by atoms with Crippen molar-refractivity contribution in [1.29, 1.82) is 0 Å². The van der Waals surface area contributed by atoms with Gasteiger partial charge in [0.05, 0.1) is 25.2 Å². The molecule has 2 aliphatic rings. The first kappa shape index (κ1) is 20.9. The number of methoxy groups -OCH3 is 2. The van der Waals surface area contributed by atoms with Gasteiger partial charge in [-0.3, -0.25) is 14.6 Å². The Morgan fingerprint density at radius 1 is 1.16 bits per heavy atom. The number of benzene rings is 2. The van der Waals surface area contributed by atoms with Gasteiger partial charge in [-0.15, -0.1) is 0 Å². The summed E-state index contributed by atoms with van der Waals surface area (Å²) in [5, 5.41) is 2.79. The highest BCUT2D eigenvalue weighted by atomic mass is 32.2. The fraction of sp³-hybridized carbons (Fsp3) is 0.273. The first-order chi connectivity index (χ1) is 14.9.